The van der Waals surface area contributed by atoms with Crippen molar-refractivity contribution in [3.8, 4) is 27.9 Å². The van der Waals surface area contributed by atoms with Gasteiger partial charge in [0.15, 0.2) is 6.61 Å². The summed E-state index contributed by atoms with van der Waals surface area (Å²) in [6.07, 6.45) is 0. The van der Waals surface area contributed by atoms with Crippen LogP contribution in [-0.4, -0.2) is 22.7 Å². The molecule has 0 unspecified atom stereocenters. The molecule has 2 aromatic heterocycles. The van der Waals surface area contributed by atoms with Crippen LogP contribution in [-0.2, 0) is 4.79 Å². The van der Waals surface area contributed by atoms with Crippen LogP contribution >= 0.6 is 22.9 Å². The van der Waals surface area contributed by atoms with E-state index in [1.807, 2.05) is 29.6 Å². The van der Waals surface area contributed by atoms with Crippen molar-refractivity contribution < 1.29 is 14.1 Å². The standard InChI is InChI=1S/C20H14ClN3O3S/c21-13-7-9-14(10-8-13)26-12-18(25)22-16-5-2-1-4-15(16)20-23-19(24-27-20)17-6-3-11-28-17/h1-11H,12H2,(H,22,25). The molecule has 1 N–H and O–H groups in total. The van der Waals surface area contributed by atoms with E-state index < -0.39 is 0 Å². The zero-order chi connectivity index (χ0) is 19.3. The first kappa shape index (κ1) is 18.2. The molecular weight excluding hydrogens is 398 g/mol. The highest BCUT2D eigenvalue weighted by molar-refractivity contribution is 7.13. The fourth-order valence-electron chi connectivity index (χ4n) is 2.48. The molecule has 4 aromatic rings. The third kappa shape index (κ3) is 4.21. The minimum atomic E-state index is -0.305. The van der Waals surface area contributed by atoms with Gasteiger partial charge in [0.2, 0.25) is 5.82 Å². The second-order valence-corrected chi connectivity index (χ2v) is 7.12. The smallest absolute Gasteiger partial charge is 0.262 e. The number of thiophene rings is 1. The fraction of sp³-hybridized carbons (Fsp3) is 0.0500. The summed E-state index contributed by atoms with van der Waals surface area (Å²) in [6, 6.07) is 17.9. The van der Waals surface area contributed by atoms with Crippen molar-refractivity contribution in [1.29, 1.82) is 0 Å². The predicted molar refractivity (Wildman–Crippen MR) is 109 cm³/mol. The molecular formula is C20H14ClN3O3S. The fourth-order valence-corrected chi connectivity index (χ4v) is 3.26. The van der Waals surface area contributed by atoms with Gasteiger partial charge >= 0.3 is 0 Å². The number of carbonyl (C=O) groups is 1. The van der Waals surface area contributed by atoms with Gasteiger partial charge in [-0.05, 0) is 47.8 Å². The minimum Gasteiger partial charge on any atom is -0.484 e. The predicted octanol–water partition coefficient (Wildman–Crippen LogP) is 5.14. The average molecular weight is 412 g/mol. The van der Waals surface area contributed by atoms with Crippen LogP contribution in [0, 0.1) is 0 Å². The van der Waals surface area contributed by atoms with E-state index in [0.29, 0.717) is 33.7 Å². The molecule has 0 aliphatic rings. The number of nitrogens with one attached hydrogen (secondary N) is 1. The number of carbonyl (C=O) groups excluding carboxylic acids is 1. The lowest BCUT2D eigenvalue weighted by molar-refractivity contribution is -0.118. The molecule has 0 fully saturated rings. The summed E-state index contributed by atoms with van der Waals surface area (Å²) >= 11 is 7.36. The van der Waals surface area contributed by atoms with E-state index in [2.05, 4.69) is 15.5 Å². The second kappa shape index (κ2) is 8.24. The highest BCUT2D eigenvalue weighted by Crippen LogP contribution is 2.29. The minimum absolute atomic E-state index is 0.139. The Bertz CT molecular complexity index is 1080. The molecule has 0 saturated carbocycles. The SMILES string of the molecule is O=C(COc1ccc(Cl)cc1)Nc1ccccc1-c1nc(-c2cccs2)no1. The largest absolute Gasteiger partial charge is 0.484 e. The van der Waals surface area contributed by atoms with Gasteiger partial charge < -0.3 is 14.6 Å². The van der Waals surface area contributed by atoms with E-state index in [1.54, 1.807) is 36.4 Å². The molecule has 0 atom stereocenters. The lowest BCUT2D eigenvalue weighted by Crippen LogP contribution is -2.20. The van der Waals surface area contributed by atoms with Gasteiger partial charge in [-0.25, -0.2) is 0 Å². The summed E-state index contributed by atoms with van der Waals surface area (Å²) in [5.74, 6) is 1.10. The number of aromatic nitrogens is 2. The van der Waals surface area contributed by atoms with E-state index in [-0.39, 0.29) is 12.5 Å². The van der Waals surface area contributed by atoms with E-state index in [1.165, 1.54) is 11.3 Å². The van der Waals surface area contributed by atoms with E-state index >= 15 is 0 Å². The Morgan fingerprint density at radius 1 is 1.11 bits per heavy atom. The summed E-state index contributed by atoms with van der Waals surface area (Å²) in [4.78, 5) is 17.6. The topological polar surface area (TPSA) is 77.2 Å². The second-order valence-electron chi connectivity index (χ2n) is 5.74. The van der Waals surface area contributed by atoms with Crippen LogP contribution in [0.2, 0.25) is 5.02 Å². The molecule has 0 radical (unpaired) electrons. The van der Waals surface area contributed by atoms with E-state index in [0.717, 1.165) is 4.88 Å². The highest BCUT2D eigenvalue weighted by atomic mass is 35.5. The van der Waals surface area contributed by atoms with Gasteiger partial charge in [-0.15, -0.1) is 11.3 Å². The quantitative estimate of drug-likeness (QED) is 0.475. The molecule has 1 amide bonds. The number of rotatable bonds is 6. The van der Waals surface area contributed by atoms with Crippen molar-refractivity contribution in [2.75, 3.05) is 11.9 Å². The molecule has 140 valence electrons. The first-order valence-corrected chi connectivity index (χ1v) is 9.60. The zero-order valence-electron chi connectivity index (χ0n) is 14.5. The molecule has 2 heterocycles. The molecule has 6 nitrogen and oxygen atoms in total. The summed E-state index contributed by atoms with van der Waals surface area (Å²) in [7, 11) is 0. The van der Waals surface area contributed by atoms with Gasteiger partial charge in [0.05, 0.1) is 16.1 Å². The van der Waals surface area contributed by atoms with Crippen LogP contribution in [0.15, 0.2) is 70.6 Å². The van der Waals surface area contributed by atoms with Crippen molar-refractivity contribution in [2.24, 2.45) is 0 Å². The number of amides is 1. The Balaban J connectivity index is 1.47. The monoisotopic (exact) mass is 411 g/mol. The van der Waals surface area contributed by atoms with Gasteiger partial charge in [-0.2, -0.15) is 4.98 Å². The Labute approximate surface area is 169 Å². The van der Waals surface area contributed by atoms with Crippen molar-refractivity contribution in [3.63, 3.8) is 0 Å². The molecule has 0 bridgehead atoms. The van der Waals surface area contributed by atoms with Gasteiger partial charge in [-0.3, -0.25) is 4.79 Å². The van der Waals surface area contributed by atoms with Crippen molar-refractivity contribution in [3.05, 3.63) is 71.1 Å². The number of halogens is 1. The van der Waals surface area contributed by atoms with Crippen LogP contribution in [0.1, 0.15) is 0 Å². The molecule has 2 aromatic carbocycles. The number of hydrogen-bond donors (Lipinski definition) is 1. The maximum Gasteiger partial charge on any atom is 0.262 e. The molecule has 8 heteroatoms. The van der Waals surface area contributed by atoms with Gasteiger partial charge in [0.25, 0.3) is 11.8 Å². The summed E-state index contributed by atoms with van der Waals surface area (Å²) in [5, 5.41) is 9.38. The van der Waals surface area contributed by atoms with Crippen molar-refractivity contribution >= 4 is 34.5 Å². The Hall–Kier alpha value is -3.16. The lowest BCUT2D eigenvalue weighted by atomic mass is 10.1. The summed E-state index contributed by atoms with van der Waals surface area (Å²) in [6.45, 7) is -0.139. The zero-order valence-corrected chi connectivity index (χ0v) is 16.0. The Morgan fingerprint density at radius 2 is 1.93 bits per heavy atom. The molecule has 0 aliphatic carbocycles. The van der Waals surface area contributed by atoms with Crippen LogP contribution in [0.5, 0.6) is 5.75 Å². The van der Waals surface area contributed by atoms with Crippen LogP contribution in [0.4, 0.5) is 5.69 Å². The maximum absolute atomic E-state index is 12.3. The average Bonchev–Trinajstić information content (AvgIpc) is 3.40. The number of para-hydroxylation sites is 1. The Morgan fingerprint density at radius 3 is 2.71 bits per heavy atom. The molecule has 0 saturated heterocycles. The summed E-state index contributed by atoms with van der Waals surface area (Å²) in [5.41, 5.74) is 1.20. The highest BCUT2D eigenvalue weighted by Gasteiger charge is 2.16. The van der Waals surface area contributed by atoms with Crippen LogP contribution < -0.4 is 10.1 Å². The number of anilines is 1. The Kier molecular flexibility index (Phi) is 5.36. The van der Waals surface area contributed by atoms with Crippen LogP contribution in [0.25, 0.3) is 22.2 Å². The first-order chi connectivity index (χ1) is 13.7. The van der Waals surface area contributed by atoms with Crippen LogP contribution in [0.3, 0.4) is 0 Å². The number of benzene rings is 2. The third-order valence-corrected chi connectivity index (χ3v) is 4.90. The normalized spacial score (nSPS) is 10.6. The maximum atomic E-state index is 12.3. The molecule has 0 aliphatic heterocycles. The molecule has 28 heavy (non-hydrogen) atoms. The lowest BCUT2D eigenvalue weighted by Gasteiger charge is -2.09. The van der Waals surface area contributed by atoms with Gasteiger partial charge in [-0.1, -0.05) is 35.0 Å². The number of ether oxygens (including phenoxy) is 1. The molecule has 4 rings (SSSR count). The van der Waals surface area contributed by atoms with Crippen molar-refractivity contribution in [1.82, 2.24) is 10.1 Å². The number of nitrogens with zero attached hydrogens (tertiary/aromatic N) is 2. The summed E-state index contributed by atoms with van der Waals surface area (Å²) < 4.78 is 10.9. The van der Waals surface area contributed by atoms with E-state index in [9.17, 15) is 4.79 Å². The molecule has 0 spiro atoms. The van der Waals surface area contributed by atoms with Gasteiger partial charge in [0.1, 0.15) is 5.75 Å². The third-order valence-electron chi connectivity index (χ3n) is 3.78. The van der Waals surface area contributed by atoms with Gasteiger partial charge in [0, 0.05) is 5.02 Å². The first-order valence-electron chi connectivity index (χ1n) is 8.34. The van der Waals surface area contributed by atoms with E-state index in [4.69, 9.17) is 20.9 Å². The van der Waals surface area contributed by atoms with Crippen molar-refractivity contribution in [2.45, 2.75) is 0 Å². The number of hydrogen-bond acceptors (Lipinski definition) is 6.